The molecule has 0 spiro atoms. The Balaban J connectivity index is 3.33. The molecule has 0 saturated carbocycles. The molecule has 0 aromatic carbocycles. The van der Waals surface area contributed by atoms with Gasteiger partial charge in [0.1, 0.15) is 18.3 Å². The third-order valence-corrected chi connectivity index (χ3v) is 3.34. The van der Waals surface area contributed by atoms with E-state index in [-0.39, 0.29) is 29.2 Å². The molecule has 20 heavy (non-hydrogen) atoms. The summed E-state index contributed by atoms with van der Waals surface area (Å²) in [6.45, 7) is 7.16. The van der Waals surface area contributed by atoms with Crippen molar-refractivity contribution in [3.8, 4) is 0 Å². The highest BCUT2D eigenvalue weighted by Crippen LogP contribution is 2.42. The highest BCUT2D eigenvalue weighted by molar-refractivity contribution is 6.22. The van der Waals surface area contributed by atoms with Crippen LogP contribution >= 0.6 is 0 Å². The van der Waals surface area contributed by atoms with Crippen LogP contribution in [0.25, 0.3) is 0 Å². The van der Waals surface area contributed by atoms with E-state index < -0.39 is 17.3 Å². The summed E-state index contributed by atoms with van der Waals surface area (Å²) in [7, 11) is 1.25. The third kappa shape index (κ3) is 3.00. The van der Waals surface area contributed by atoms with Crippen LogP contribution in [0, 0.1) is 11.3 Å². The van der Waals surface area contributed by atoms with Crippen molar-refractivity contribution >= 4 is 17.5 Å². The summed E-state index contributed by atoms with van der Waals surface area (Å²) in [6.07, 6.45) is 0.130. The molecule has 112 valence electrons. The second kappa shape index (κ2) is 6.07. The predicted molar refractivity (Wildman–Crippen MR) is 73.3 cm³/mol. The van der Waals surface area contributed by atoms with E-state index in [2.05, 4.69) is 5.16 Å². The van der Waals surface area contributed by atoms with Gasteiger partial charge in [-0.05, 0) is 19.3 Å². The molecule has 6 nitrogen and oxygen atoms in total. The summed E-state index contributed by atoms with van der Waals surface area (Å²) in [5.41, 5.74) is -0.393. The molecule has 1 aliphatic carbocycles. The lowest BCUT2D eigenvalue weighted by atomic mass is 9.68. The van der Waals surface area contributed by atoms with Crippen LogP contribution in [0.15, 0.2) is 16.5 Å². The number of hydrogen-bond acceptors (Lipinski definition) is 6. The van der Waals surface area contributed by atoms with Crippen LogP contribution in [0.5, 0.6) is 0 Å². The number of rotatable bonds is 4. The number of aliphatic hydroxyl groups excluding tert-OH is 1. The Labute approximate surface area is 118 Å². The van der Waals surface area contributed by atoms with Gasteiger partial charge in [0.05, 0.1) is 18.4 Å². The van der Waals surface area contributed by atoms with Gasteiger partial charge in [-0.1, -0.05) is 19.0 Å². The monoisotopic (exact) mass is 283 g/mol. The van der Waals surface area contributed by atoms with Gasteiger partial charge in [0, 0.05) is 6.42 Å². The number of carbonyl (C=O) groups excluding carboxylic acids is 2. The van der Waals surface area contributed by atoms with Crippen molar-refractivity contribution in [2.45, 2.75) is 34.1 Å². The lowest BCUT2D eigenvalue weighted by Crippen LogP contribution is -2.41. The summed E-state index contributed by atoms with van der Waals surface area (Å²) < 4.78 is 4.72. The lowest BCUT2D eigenvalue weighted by Gasteiger charge is -2.36. The molecule has 0 aromatic heterocycles. The number of esters is 1. The number of hydrogen-bond donors (Lipinski definition) is 1. The topological polar surface area (TPSA) is 85.2 Å². The Hall–Kier alpha value is -1.85. The van der Waals surface area contributed by atoms with E-state index in [1.165, 1.54) is 7.11 Å². The molecular weight excluding hydrogens is 262 g/mol. The van der Waals surface area contributed by atoms with Gasteiger partial charge < -0.3 is 14.7 Å². The molecule has 0 saturated heterocycles. The zero-order chi connectivity index (χ0) is 15.5. The molecular formula is C14H21NO5. The van der Waals surface area contributed by atoms with Gasteiger partial charge >= 0.3 is 5.97 Å². The maximum absolute atomic E-state index is 12.2. The number of aliphatic hydroxyl groups is 1. The molecule has 0 radical (unpaired) electrons. The van der Waals surface area contributed by atoms with E-state index in [9.17, 15) is 14.7 Å². The molecule has 0 heterocycles. The fraction of sp³-hybridized carbons (Fsp3) is 0.643. The molecule has 0 bridgehead atoms. The number of Topliss-reactive ketones (excluding diaryl/α,β-unsaturated/α-hetero) is 1. The molecule has 0 amide bonds. The van der Waals surface area contributed by atoms with Crippen LogP contribution in [0.4, 0.5) is 0 Å². The van der Waals surface area contributed by atoms with Crippen molar-refractivity contribution in [2.75, 3.05) is 13.7 Å². The van der Waals surface area contributed by atoms with Crippen LogP contribution in [-0.2, 0) is 19.2 Å². The molecule has 0 aliphatic heterocycles. The molecule has 1 aliphatic rings. The van der Waals surface area contributed by atoms with Crippen molar-refractivity contribution in [2.24, 2.45) is 16.5 Å². The van der Waals surface area contributed by atoms with Crippen LogP contribution in [0.2, 0.25) is 0 Å². The van der Waals surface area contributed by atoms with Gasteiger partial charge in [-0.3, -0.25) is 9.59 Å². The molecule has 0 aromatic rings. The maximum Gasteiger partial charge on any atom is 0.316 e. The Morgan fingerprint density at radius 3 is 2.60 bits per heavy atom. The smallest absolute Gasteiger partial charge is 0.316 e. The van der Waals surface area contributed by atoms with Gasteiger partial charge in [0.25, 0.3) is 0 Å². The van der Waals surface area contributed by atoms with E-state index in [0.717, 1.165) is 0 Å². The molecule has 1 N–H and O–H groups in total. The molecule has 1 rings (SSSR count). The number of oxime groups is 1. The van der Waals surface area contributed by atoms with Crippen molar-refractivity contribution in [1.29, 1.82) is 0 Å². The van der Waals surface area contributed by atoms with Gasteiger partial charge in [-0.25, -0.2) is 0 Å². The molecule has 1 atom stereocenters. The van der Waals surface area contributed by atoms with Gasteiger partial charge in [-0.15, -0.1) is 0 Å². The first-order valence-electron chi connectivity index (χ1n) is 6.47. The number of methoxy groups -OCH3 is 1. The summed E-state index contributed by atoms with van der Waals surface area (Å²) in [4.78, 5) is 29.0. The van der Waals surface area contributed by atoms with Crippen molar-refractivity contribution < 1.29 is 24.3 Å². The average Bonchev–Trinajstić information content (AvgIpc) is 2.34. The highest BCUT2D eigenvalue weighted by Gasteiger charge is 2.47. The molecule has 0 fully saturated rings. The number of nitrogens with zero attached hydrogens (tertiary/aromatic N) is 1. The minimum Gasteiger partial charge on any atom is -0.511 e. The van der Waals surface area contributed by atoms with E-state index in [1.54, 1.807) is 27.7 Å². The number of allylic oxidation sites excluding steroid dienone is 1. The summed E-state index contributed by atoms with van der Waals surface area (Å²) >= 11 is 0. The normalized spacial score (nSPS) is 22.8. The second-order valence-electron chi connectivity index (χ2n) is 5.40. The van der Waals surface area contributed by atoms with Gasteiger partial charge in [-0.2, -0.15) is 0 Å². The summed E-state index contributed by atoms with van der Waals surface area (Å²) in [6, 6.07) is 0. The first-order chi connectivity index (χ1) is 9.26. The van der Waals surface area contributed by atoms with E-state index in [0.29, 0.717) is 6.61 Å². The van der Waals surface area contributed by atoms with Crippen molar-refractivity contribution in [1.82, 2.24) is 0 Å². The largest absolute Gasteiger partial charge is 0.511 e. The number of ketones is 1. The van der Waals surface area contributed by atoms with Crippen LogP contribution in [0.1, 0.15) is 34.1 Å². The minimum absolute atomic E-state index is 0.0492. The Morgan fingerprint density at radius 1 is 1.50 bits per heavy atom. The zero-order valence-corrected chi connectivity index (χ0v) is 12.5. The highest BCUT2D eigenvalue weighted by atomic mass is 16.6. The average molecular weight is 283 g/mol. The van der Waals surface area contributed by atoms with Gasteiger partial charge in [0.15, 0.2) is 5.78 Å². The fourth-order valence-electron chi connectivity index (χ4n) is 2.40. The maximum atomic E-state index is 12.2. The third-order valence-electron chi connectivity index (χ3n) is 3.34. The SMILES string of the molecule is CCO/N=C(\C)C1=C(O)[C@H](C(=O)OC)C(C)(C)CC1=O. The Bertz CT molecular complexity index is 476. The van der Waals surface area contributed by atoms with Crippen molar-refractivity contribution in [3.05, 3.63) is 11.3 Å². The lowest BCUT2D eigenvalue weighted by molar-refractivity contribution is -0.150. The van der Waals surface area contributed by atoms with Crippen LogP contribution < -0.4 is 0 Å². The fourth-order valence-corrected chi connectivity index (χ4v) is 2.40. The van der Waals surface area contributed by atoms with Crippen LogP contribution in [0.3, 0.4) is 0 Å². The van der Waals surface area contributed by atoms with Crippen LogP contribution in [-0.4, -0.2) is 36.3 Å². The van der Waals surface area contributed by atoms with E-state index >= 15 is 0 Å². The standard InChI is InChI=1S/C14H21NO5/c1-6-20-15-8(2)10-9(16)7-14(3,4)11(12(10)17)13(18)19-5/h11,17H,6-7H2,1-5H3/b15-8+/t11-/m1/s1. The van der Waals surface area contributed by atoms with Gasteiger partial charge in [0.2, 0.25) is 0 Å². The minimum atomic E-state index is -0.882. The summed E-state index contributed by atoms with van der Waals surface area (Å²) in [5, 5.41) is 14.1. The number of carbonyl (C=O) groups is 2. The number of ether oxygens (including phenoxy) is 1. The summed E-state index contributed by atoms with van der Waals surface area (Å²) in [5.74, 6) is -2.00. The first-order valence-corrected chi connectivity index (χ1v) is 6.47. The van der Waals surface area contributed by atoms with E-state index in [1.807, 2.05) is 0 Å². The zero-order valence-electron chi connectivity index (χ0n) is 12.5. The quantitative estimate of drug-likeness (QED) is 0.484. The Morgan fingerprint density at radius 2 is 2.10 bits per heavy atom. The van der Waals surface area contributed by atoms with Crippen molar-refractivity contribution in [3.63, 3.8) is 0 Å². The Kier molecular flexibility index (Phi) is 4.92. The molecule has 0 unspecified atom stereocenters. The predicted octanol–water partition coefficient (Wildman–Crippen LogP) is 2.00. The second-order valence-corrected chi connectivity index (χ2v) is 5.40. The molecule has 6 heteroatoms. The first kappa shape index (κ1) is 16.2. The van der Waals surface area contributed by atoms with E-state index in [4.69, 9.17) is 9.57 Å².